The van der Waals surface area contributed by atoms with E-state index in [2.05, 4.69) is 53.8 Å². The molecule has 0 aliphatic carbocycles. The van der Waals surface area contributed by atoms with E-state index >= 15 is 0 Å². The minimum atomic E-state index is -2.59. The molecule has 0 saturated carbocycles. The summed E-state index contributed by atoms with van der Waals surface area (Å²) < 4.78 is 18.5. The van der Waals surface area contributed by atoms with Crippen molar-refractivity contribution in [2.75, 3.05) is 13.1 Å². The summed E-state index contributed by atoms with van der Waals surface area (Å²) in [6, 6.07) is 0.876. The highest BCUT2D eigenvalue weighted by atomic mass is 28.4. The molecular formula is C16H37NO3Si. The lowest BCUT2D eigenvalue weighted by molar-refractivity contribution is 0.00292. The number of rotatable bonds is 13. The minimum absolute atomic E-state index is 0.127. The molecule has 21 heavy (non-hydrogen) atoms. The Labute approximate surface area is 133 Å². The van der Waals surface area contributed by atoms with Crippen LogP contribution >= 0.6 is 0 Å². The molecule has 0 bridgehead atoms. The predicted molar refractivity (Wildman–Crippen MR) is 91.6 cm³/mol. The molecule has 0 aliphatic heterocycles. The van der Waals surface area contributed by atoms with E-state index in [1.165, 1.54) is 12.8 Å². The first-order valence-corrected chi connectivity index (χ1v) is 10.5. The van der Waals surface area contributed by atoms with Gasteiger partial charge >= 0.3 is 8.80 Å². The highest BCUT2D eigenvalue weighted by Gasteiger charge is 2.43. The van der Waals surface area contributed by atoms with E-state index in [0.717, 1.165) is 25.6 Å². The second kappa shape index (κ2) is 11.6. The Morgan fingerprint density at radius 3 is 1.57 bits per heavy atom. The summed E-state index contributed by atoms with van der Waals surface area (Å²) >= 11 is 0. The quantitative estimate of drug-likeness (QED) is 0.412. The van der Waals surface area contributed by atoms with Crippen LogP contribution in [0.15, 0.2) is 0 Å². The van der Waals surface area contributed by atoms with Gasteiger partial charge < -0.3 is 18.6 Å². The van der Waals surface area contributed by atoms with Crippen LogP contribution in [0.3, 0.4) is 0 Å². The lowest BCUT2D eigenvalue weighted by Gasteiger charge is -2.34. The van der Waals surface area contributed by atoms with Gasteiger partial charge in [0.2, 0.25) is 0 Å². The lowest BCUT2D eigenvalue weighted by atomic mass is 10.3. The van der Waals surface area contributed by atoms with E-state index in [0.29, 0.717) is 0 Å². The maximum atomic E-state index is 6.15. The first-order valence-electron chi connectivity index (χ1n) is 8.55. The fourth-order valence-corrected chi connectivity index (χ4v) is 5.48. The Kier molecular flexibility index (Phi) is 11.6. The second-order valence-corrected chi connectivity index (χ2v) is 8.96. The summed E-state index contributed by atoms with van der Waals surface area (Å²) in [6.45, 7) is 16.6. The van der Waals surface area contributed by atoms with Crippen LogP contribution in [0.4, 0.5) is 0 Å². The fraction of sp³-hybridized carbons (Fsp3) is 1.00. The van der Waals surface area contributed by atoms with Crippen molar-refractivity contribution in [3.05, 3.63) is 0 Å². The highest BCUT2D eigenvalue weighted by Crippen LogP contribution is 2.23. The molecule has 128 valence electrons. The van der Waals surface area contributed by atoms with Crippen molar-refractivity contribution < 1.29 is 13.3 Å². The molecule has 0 saturated heterocycles. The molecule has 0 heterocycles. The zero-order valence-corrected chi connectivity index (χ0v) is 16.2. The Balaban J connectivity index is 4.51. The predicted octanol–water partition coefficient (Wildman–Crippen LogP) is 3.98. The zero-order chi connectivity index (χ0) is 16.3. The van der Waals surface area contributed by atoms with E-state index in [1.807, 2.05) is 0 Å². The molecule has 0 radical (unpaired) electrons. The maximum Gasteiger partial charge on any atom is 0.501 e. The van der Waals surface area contributed by atoms with Crippen LogP contribution in [-0.4, -0.2) is 40.2 Å². The van der Waals surface area contributed by atoms with Crippen LogP contribution in [0.25, 0.3) is 0 Å². The average Bonchev–Trinajstić information content (AvgIpc) is 2.30. The number of unbranched alkanes of at least 4 members (excludes halogenated alkanes) is 1. The van der Waals surface area contributed by atoms with Gasteiger partial charge in [-0.3, -0.25) is 0 Å². The van der Waals surface area contributed by atoms with Crippen LogP contribution in [0.2, 0.25) is 6.04 Å². The Morgan fingerprint density at radius 2 is 1.19 bits per heavy atom. The normalized spacial score (nSPS) is 12.9. The molecule has 0 aromatic rings. The van der Waals surface area contributed by atoms with Gasteiger partial charge in [0.1, 0.15) is 0 Å². The summed E-state index contributed by atoms with van der Waals surface area (Å²) in [5.74, 6) is 0. The molecule has 0 aliphatic rings. The van der Waals surface area contributed by atoms with E-state index in [1.54, 1.807) is 0 Å². The molecule has 0 aromatic carbocycles. The van der Waals surface area contributed by atoms with Gasteiger partial charge in [-0.1, -0.05) is 13.3 Å². The Hall–Kier alpha value is 0.0569. The molecule has 0 rings (SSSR count). The van der Waals surface area contributed by atoms with Gasteiger partial charge in [0.25, 0.3) is 0 Å². The van der Waals surface area contributed by atoms with Gasteiger partial charge in [-0.15, -0.1) is 0 Å². The summed E-state index contributed by atoms with van der Waals surface area (Å²) in [5, 5.41) is 3.47. The largest absolute Gasteiger partial charge is 0.501 e. The van der Waals surface area contributed by atoms with Crippen LogP contribution < -0.4 is 5.32 Å². The van der Waals surface area contributed by atoms with E-state index < -0.39 is 8.80 Å². The Bertz CT molecular complexity index is 221. The van der Waals surface area contributed by atoms with Crippen molar-refractivity contribution in [2.24, 2.45) is 0 Å². The van der Waals surface area contributed by atoms with Crippen molar-refractivity contribution in [2.45, 2.75) is 92.1 Å². The summed E-state index contributed by atoms with van der Waals surface area (Å²) in [6.07, 6.45) is 3.87. The third-order valence-corrected chi connectivity index (χ3v) is 6.25. The Morgan fingerprint density at radius 1 is 0.762 bits per heavy atom. The van der Waals surface area contributed by atoms with Gasteiger partial charge in [-0.05, 0) is 67.5 Å². The standard InChI is InChI=1S/C16H37NO3Si/c1-8-9-11-17-12-10-13-21(18-14(2)3,19-15(4)5)20-16(6)7/h14-17H,8-13H2,1-7H3. The van der Waals surface area contributed by atoms with E-state index in [-0.39, 0.29) is 18.3 Å². The first kappa shape index (κ1) is 21.1. The molecule has 0 amide bonds. The first-order chi connectivity index (χ1) is 9.81. The van der Waals surface area contributed by atoms with Crippen molar-refractivity contribution >= 4 is 8.80 Å². The smallest absolute Gasteiger partial charge is 0.371 e. The third-order valence-electron chi connectivity index (χ3n) is 2.79. The third kappa shape index (κ3) is 11.3. The monoisotopic (exact) mass is 319 g/mol. The molecule has 0 spiro atoms. The topological polar surface area (TPSA) is 39.7 Å². The van der Waals surface area contributed by atoms with Crippen LogP contribution in [0, 0.1) is 0 Å². The van der Waals surface area contributed by atoms with Gasteiger partial charge in [-0.2, -0.15) is 0 Å². The van der Waals surface area contributed by atoms with Gasteiger partial charge in [0, 0.05) is 24.4 Å². The van der Waals surface area contributed by atoms with E-state index in [9.17, 15) is 0 Å². The molecule has 5 heteroatoms. The molecule has 0 aromatic heterocycles. The van der Waals surface area contributed by atoms with Crippen LogP contribution in [-0.2, 0) is 13.3 Å². The van der Waals surface area contributed by atoms with Crippen LogP contribution in [0.1, 0.15) is 67.7 Å². The number of hydrogen-bond donors (Lipinski definition) is 1. The van der Waals surface area contributed by atoms with Gasteiger partial charge in [-0.25, -0.2) is 0 Å². The summed E-state index contributed by atoms with van der Waals surface area (Å²) in [4.78, 5) is 0. The summed E-state index contributed by atoms with van der Waals surface area (Å²) in [5.41, 5.74) is 0. The average molecular weight is 320 g/mol. The van der Waals surface area contributed by atoms with Crippen molar-refractivity contribution in [3.8, 4) is 0 Å². The van der Waals surface area contributed by atoms with Crippen molar-refractivity contribution in [1.82, 2.24) is 5.32 Å². The van der Waals surface area contributed by atoms with Crippen molar-refractivity contribution in [3.63, 3.8) is 0 Å². The molecule has 4 nitrogen and oxygen atoms in total. The molecule has 0 fully saturated rings. The number of nitrogens with one attached hydrogen (secondary N) is 1. The summed E-state index contributed by atoms with van der Waals surface area (Å²) in [7, 11) is -2.59. The van der Waals surface area contributed by atoms with Crippen molar-refractivity contribution in [1.29, 1.82) is 0 Å². The fourth-order valence-electron chi connectivity index (χ4n) is 2.19. The molecular weight excluding hydrogens is 282 g/mol. The number of hydrogen-bond acceptors (Lipinski definition) is 4. The second-order valence-electron chi connectivity index (χ2n) is 6.39. The van der Waals surface area contributed by atoms with E-state index in [4.69, 9.17) is 13.3 Å². The van der Waals surface area contributed by atoms with Gasteiger partial charge in [0.15, 0.2) is 0 Å². The molecule has 0 atom stereocenters. The minimum Gasteiger partial charge on any atom is -0.371 e. The zero-order valence-electron chi connectivity index (χ0n) is 15.2. The highest BCUT2D eigenvalue weighted by molar-refractivity contribution is 6.60. The maximum absolute atomic E-state index is 6.15. The SMILES string of the molecule is CCCCNCCC[Si](OC(C)C)(OC(C)C)OC(C)C. The molecule has 1 N–H and O–H groups in total. The molecule has 0 unspecified atom stereocenters. The van der Waals surface area contributed by atoms with Gasteiger partial charge in [0.05, 0.1) is 0 Å². The lowest BCUT2D eigenvalue weighted by Crippen LogP contribution is -2.50. The van der Waals surface area contributed by atoms with Crippen LogP contribution in [0.5, 0.6) is 0 Å².